The number of hydrogen-bond acceptors (Lipinski definition) is 1. The number of benzene rings is 1. The van der Waals surface area contributed by atoms with Crippen LogP contribution < -0.4 is 4.74 Å². The summed E-state index contributed by atoms with van der Waals surface area (Å²) in [5, 5.41) is 0. The second-order valence-corrected chi connectivity index (χ2v) is 9.65. The summed E-state index contributed by atoms with van der Waals surface area (Å²) in [5.41, 5.74) is 0.474. The second-order valence-electron chi connectivity index (χ2n) is 9.65. The van der Waals surface area contributed by atoms with E-state index >= 15 is 0 Å². The molecule has 2 fully saturated rings. The van der Waals surface area contributed by atoms with Gasteiger partial charge in [-0.1, -0.05) is 50.5 Å². The van der Waals surface area contributed by atoms with Crippen LogP contribution in [0.4, 0.5) is 8.78 Å². The van der Waals surface area contributed by atoms with Crippen LogP contribution in [0.15, 0.2) is 36.6 Å². The van der Waals surface area contributed by atoms with Crippen LogP contribution in [0.5, 0.6) is 5.75 Å². The maximum Gasteiger partial charge on any atom is 0.201 e. The summed E-state index contributed by atoms with van der Waals surface area (Å²) in [6, 6.07) is 3.22. The molecule has 0 heterocycles. The van der Waals surface area contributed by atoms with Crippen LogP contribution in [0, 0.1) is 35.3 Å². The van der Waals surface area contributed by atoms with Crippen LogP contribution in [0.3, 0.4) is 0 Å². The van der Waals surface area contributed by atoms with Gasteiger partial charge in [0.05, 0.1) is 6.26 Å². The molecule has 2 aliphatic rings. The van der Waals surface area contributed by atoms with Crippen LogP contribution in [0.1, 0.15) is 90.0 Å². The second kappa shape index (κ2) is 12.4. The van der Waals surface area contributed by atoms with Gasteiger partial charge in [-0.05, 0) is 100 Å². The highest BCUT2D eigenvalue weighted by atomic mass is 19.2. The minimum absolute atomic E-state index is 0.0459. The fourth-order valence-corrected chi connectivity index (χ4v) is 5.57. The highest BCUT2D eigenvalue weighted by Gasteiger charge is 2.30. The van der Waals surface area contributed by atoms with Crippen molar-refractivity contribution in [2.75, 3.05) is 0 Å². The Hall–Kier alpha value is -1.64. The Kier molecular flexibility index (Phi) is 9.61. The molecule has 1 nitrogen and oxygen atoms in total. The minimum Gasteiger partial charge on any atom is -0.462 e. The molecule has 0 aliphatic heterocycles. The van der Waals surface area contributed by atoms with Gasteiger partial charge >= 0.3 is 0 Å². The van der Waals surface area contributed by atoms with E-state index < -0.39 is 11.6 Å². The molecular formula is C28H40F2O. The average Bonchev–Trinajstić information content (AvgIpc) is 2.80. The van der Waals surface area contributed by atoms with E-state index in [1.165, 1.54) is 70.5 Å². The van der Waals surface area contributed by atoms with Crippen molar-refractivity contribution >= 4 is 0 Å². The summed E-state index contributed by atoms with van der Waals surface area (Å²) in [7, 11) is 0. The molecule has 0 N–H and O–H groups in total. The van der Waals surface area contributed by atoms with Gasteiger partial charge in [0.1, 0.15) is 0 Å². The van der Waals surface area contributed by atoms with E-state index in [9.17, 15) is 8.78 Å². The maximum atomic E-state index is 14.4. The standard InChI is InChI=1S/C28H40F2O/c1-3-5-6-7-21-8-13-23(14-9-21)24-15-10-22(11-16-24)12-17-25-18-19-26(31-20-4-2)28(30)27(25)29/h4,6-7,18-24H,3,5,8-17H2,1-2H3. The molecule has 3 rings (SSSR count). The normalized spacial score (nSPS) is 27.2. The summed E-state index contributed by atoms with van der Waals surface area (Å²) in [4.78, 5) is 0. The third-order valence-electron chi connectivity index (χ3n) is 7.52. The lowest BCUT2D eigenvalue weighted by Crippen LogP contribution is -2.25. The molecular weight excluding hydrogens is 390 g/mol. The lowest BCUT2D eigenvalue weighted by Gasteiger charge is -2.37. The molecule has 0 amide bonds. The van der Waals surface area contributed by atoms with E-state index in [1.807, 2.05) is 0 Å². The van der Waals surface area contributed by atoms with E-state index in [1.54, 1.807) is 25.1 Å². The Morgan fingerprint density at radius 1 is 0.935 bits per heavy atom. The van der Waals surface area contributed by atoms with Crippen molar-refractivity contribution in [1.82, 2.24) is 0 Å². The van der Waals surface area contributed by atoms with E-state index in [2.05, 4.69) is 19.1 Å². The van der Waals surface area contributed by atoms with Crippen molar-refractivity contribution < 1.29 is 13.5 Å². The largest absolute Gasteiger partial charge is 0.462 e. The molecule has 2 saturated carbocycles. The Morgan fingerprint density at radius 3 is 2.26 bits per heavy atom. The van der Waals surface area contributed by atoms with E-state index in [0.29, 0.717) is 17.9 Å². The highest BCUT2D eigenvalue weighted by molar-refractivity contribution is 5.31. The Morgan fingerprint density at radius 2 is 1.61 bits per heavy atom. The number of halogens is 2. The van der Waals surface area contributed by atoms with Crippen molar-refractivity contribution in [2.45, 2.75) is 90.9 Å². The number of aryl methyl sites for hydroxylation is 1. The summed E-state index contributed by atoms with van der Waals surface area (Å²) in [5.74, 6) is 1.58. The molecule has 0 aromatic heterocycles. The van der Waals surface area contributed by atoms with Crippen molar-refractivity contribution in [3.63, 3.8) is 0 Å². The molecule has 0 spiro atoms. The number of hydrogen-bond donors (Lipinski definition) is 0. The third-order valence-corrected chi connectivity index (χ3v) is 7.52. The molecule has 2 aliphatic carbocycles. The first-order valence-corrected chi connectivity index (χ1v) is 12.5. The molecule has 31 heavy (non-hydrogen) atoms. The van der Waals surface area contributed by atoms with E-state index in [-0.39, 0.29) is 5.75 Å². The van der Waals surface area contributed by atoms with Gasteiger partial charge in [-0.25, -0.2) is 4.39 Å². The first-order valence-electron chi connectivity index (χ1n) is 12.5. The van der Waals surface area contributed by atoms with Crippen molar-refractivity contribution in [1.29, 1.82) is 0 Å². The van der Waals surface area contributed by atoms with Gasteiger partial charge < -0.3 is 4.74 Å². The lowest BCUT2D eigenvalue weighted by atomic mass is 9.68. The van der Waals surface area contributed by atoms with Gasteiger partial charge in [0.15, 0.2) is 11.6 Å². The smallest absolute Gasteiger partial charge is 0.201 e. The van der Waals surface area contributed by atoms with E-state index in [0.717, 1.165) is 24.2 Å². The summed E-state index contributed by atoms with van der Waals surface area (Å²) in [6.07, 6.45) is 22.5. The summed E-state index contributed by atoms with van der Waals surface area (Å²) in [6.45, 7) is 4.01. The topological polar surface area (TPSA) is 9.23 Å². The molecule has 172 valence electrons. The molecule has 0 atom stereocenters. The number of ether oxygens (including phenoxy) is 1. The van der Waals surface area contributed by atoms with Gasteiger partial charge in [-0.15, -0.1) is 0 Å². The lowest BCUT2D eigenvalue weighted by molar-refractivity contribution is 0.152. The molecule has 0 bridgehead atoms. The summed E-state index contributed by atoms with van der Waals surface area (Å²) < 4.78 is 33.7. The Labute approximate surface area is 188 Å². The van der Waals surface area contributed by atoms with Crippen LogP contribution in [0.25, 0.3) is 0 Å². The predicted molar refractivity (Wildman–Crippen MR) is 125 cm³/mol. The third kappa shape index (κ3) is 6.92. The molecule has 1 aromatic carbocycles. The van der Waals surface area contributed by atoms with Crippen molar-refractivity contribution in [3.8, 4) is 5.75 Å². The SMILES string of the molecule is CC=COc1ccc(CCC2CCC(C3CCC(C=CCCC)CC3)CC2)c(F)c1F. The average molecular weight is 431 g/mol. The van der Waals surface area contributed by atoms with Crippen LogP contribution in [-0.2, 0) is 6.42 Å². The van der Waals surface area contributed by atoms with Crippen LogP contribution >= 0.6 is 0 Å². The molecule has 0 saturated heterocycles. The monoisotopic (exact) mass is 430 g/mol. The van der Waals surface area contributed by atoms with Crippen LogP contribution in [0.2, 0.25) is 0 Å². The molecule has 0 unspecified atom stereocenters. The van der Waals surface area contributed by atoms with Crippen molar-refractivity contribution in [3.05, 3.63) is 53.8 Å². The van der Waals surface area contributed by atoms with Crippen molar-refractivity contribution in [2.24, 2.45) is 23.7 Å². The first-order chi connectivity index (χ1) is 15.1. The van der Waals surface area contributed by atoms with Gasteiger partial charge in [0.2, 0.25) is 5.82 Å². The zero-order chi connectivity index (χ0) is 22.1. The van der Waals surface area contributed by atoms with Gasteiger partial charge in [0.25, 0.3) is 0 Å². The fraction of sp³-hybridized carbons (Fsp3) is 0.643. The van der Waals surface area contributed by atoms with Crippen LogP contribution in [-0.4, -0.2) is 0 Å². The fourth-order valence-electron chi connectivity index (χ4n) is 5.57. The van der Waals surface area contributed by atoms with Gasteiger partial charge in [-0.2, -0.15) is 4.39 Å². The Balaban J connectivity index is 1.40. The molecule has 1 aromatic rings. The van der Waals surface area contributed by atoms with E-state index in [4.69, 9.17) is 4.74 Å². The molecule has 0 radical (unpaired) electrons. The number of allylic oxidation sites excluding steroid dienone is 3. The van der Waals surface area contributed by atoms with Gasteiger partial charge in [0, 0.05) is 0 Å². The number of unbranched alkanes of at least 4 members (excludes halogenated alkanes) is 1. The molecule has 3 heteroatoms. The summed E-state index contributed by atoms with van der Waals surface area (Å²) >= 11 is 0. The highest BCUT2D eigenvalue weighted by Crippen LogP contribution is 2.42. The minimum atomic E-state index is -0.876. The predicted octanol–water partition coefficient (Wildman–Crippen LogP) is 8.78. The quantitative estimate of drug-likeness (QED) is 0.281. The first kappa shape index (κ1) is 24.0. The maximum absolute atomic E-state index is 14.4. The van der Waals surface area contributed by atoms with Gasteiger partial charge in [-0.3, -0.25) is 0 Å². The zero-order valence-corrected chi connectivity index (χ0v) is 19.4. The number of rotatable bonds is 9. The zero-order valence-electron chi connectivity index (χ0n) is 19.4. The Bertz CT molecular complexity index is 723.